The summed E-state index contributed by atoms with van der Waals surface area (Å²) < 4.78 is 0. The lowest BCUT2D eigenvalue weighted by atomic mass is 10.0. The molecule has 1 aliphatic heterocycles. The average molecular weight is 259 g/mol. The molecule has 0 amide bonds. The van der Waals surface area contributed by atoms with Gasteiger partial charge in [-0.25, -0.2) is 0 Å². The van der Waals surface area contributed by atoms with Gasteiger partial charge in [-0.3, -0.25) is 9.88 Å². The Morgan fingerprint density at radius 1 is 1.32 bits per heavy atom. The molecule has 1 saturated carbocycles. The molecule has 0 spiro atoms. The number of hydrogen-bond acceptors (Lipinski definition) is 3. The maximum atomic E-state index is 4.56. The zero-order valence-electron chi connectivity index (χ0n) is 11.9. The fourth-order valence-corrected chi connectivity index (χ4v) is 3.02. The van der Waals surface area contributed by atoms with E-state index < -0.39 is 0 Å². The van der Waals surface area contributed by atoms with Crippen LogP contribution in [-0.2, 0) is 6.54 Å². The Bertz CT molecular complexity index is 408. The van der Waals surface area contributed by atoms with E-state index in [0.717, 1.165) is 12.6 Å². The maximum absolute atomic E-state index is 4.56. The van der Waals surface area contributed by atoms with Crippen LogP contribution >= 0.6 is 0 Å². The van der Waals surface area contributed by atoms with Crippen LogP contribution in [0.15, 0.2) is 18.3 Å². The van der Waals surface area contributed by atoms with Crippen molar-refractivity contribution < 1.29 is 0 Å². The second kappa shape index (κ2) is 6.02. The van der Waals surface area contributed by atoms with Crippen molar-refractivity contribution in [2.45, 2.75) is 57.7 Å². The number of nitrogens with zero attached hydrogens (tertiary/aromatic N) is 2. The fourth-order valence-electron chi connectivity index (χ4n) is 3.02. The maximum Gasteiger partial charge on any atom is 0.0573 e. The number of rotatable bonds is 5. The summed E-state index contributed by atoms with van der Waals surface area (Å²) in [5, 5.41) is 3.67. The second-order valence-corrected chi connectivity index (χ2v) is 6.07. The lowest BCUT2D eigenvalue weighted by molar-refractivity contribution is 0.206. The van der Waals surface area contributed by atoms with Crippen molar-refractivity contribution in [3.63, 3.8) is 0 Å². The normalized spacial score (nSPS) is 23.8. The lowest BCUT2D eigenvalue weighted by Crippen LogP contribution is -2.44. The summed E-state index contributed by atoms with van der Waals surface area (Å²) in [6.45, 7) is 5.59. The summed E-state index contributed by atoms with van der Waals surface area (Å²) >= 11 is 0. The molecule has 0 radical (unpaired) electrons. The van der Waals surface area contributed by atoms with E-state index >= 15 is 0 Å². The Labute approximate surface area is 116 Å². The molecule has 1 aliphatic carbocycles. The third kappa shape index (κ3) is 3.54. The van der Waals surface area contributed by atoms with Crippen molar-refractivity contribution in [3.05, 3.63) is 29.6 Å². The fraction of sp³-hybridized carbons (Fsp3) is 0.688. The summed E-state index contributed by atoms with van der Waals surface area (Å²) in [6.07, 6.45) is 8.74. The van der Waals surface area contributed by atoms with Gasteiger partial charge < -0.3 is 5.32 Å². The molecule has 2 heterocycles. The molecule has 0 bridgehead atoms. The van der Waals surface area contributed by atoms with Crippen LogP contribution in [0.3, 0.4) is 0 Å². The second-order valence-electron chi connectivity index (χ2n) is 6.07. The van der Waals surface area contributed by atoms with Crippen molar-refractivity contribution in [3.8, 4) is 0 Å². The van der Waals surface area contributed by atoms with Crippen LogP contribution < -0.4 is 5.32 Å². The number of piperidine rings is 1. The van der Waals surface area contributed by atoms with Crippen molar-refractivity contribution in [1.29, 1.82) is 0 Å². The van der Waals surface area contributed by atoms with Crippen molar-refractivity contribution in [2.75, 3.05) is 13.1 Å². The predicted molar refractivity (Wildman–Crippen MR) is 78.0 cm³/mol. The number of aromatic nitrogens is 1. The third-order valence-electron chi connectivity index (χ3n) is 4.40. The summed E-state index contributed by atoms with van der Waals surface area (Å²) in [7, 11) is 0. The van der Waals surface area contributed by atoms with E-state index in [1.165, 1.54) is 56.5 Å². The Kier molecular flexibility index (Phi) is 4.14. The molecule has 2 fully saturated rings. The Balaban J connectivity index is 1.62. The molecule has 1 unspecified atom stereocenters. The standard InChI is InChI=1S/C16H25N3/c1-13-5-4-10-18-16(13)12-19(15-7-8-15)11-14-6-2-3-9-17-14/h4-5,10,14-15,17H,2-3,6-9,11-12H2,1H3. The topological polar surface area (TPSA) is 28.2 Å². The van der Waals surface area contributed by atoms with Gasteiger partial charge in [0.2, 0.25) is 0 Å². The van der Waals surface area contributed by atoms with Crippen LogP contribution in [0.4, 0.5) is 0 Å². The van der Waals surface area contributed by atoms with E-state index in [9.17, 15) is 0 Å². The van der Waals surface area contributed by atoms with E-state index in [2.05, 4.69) is 28.2 Å². The van der Waals surface area contributed by atoms with E-state index in [1.54, 1.807) is 0 Å². The van der Waals surface area contributed by atoms with Crippen LogP contribution in [0.5, 0.6) is 0 Å². The van der Waals surface area contributed by atoms with Crippen LogP contribution in [0.25, 0.3) is 0 Å². The molecular formula is C16H25N3. The Morgan fingerprint density at radius 2 is 2.21 bits per heavy atom. The van der Waals surface area contributed by atoms with Crippen molar-refractivity contribution in [2.24, 2.45) is 0 Å². The van der Waals surface area contributed by atoms with Gasteiger partial charge in [0.05, 0.1) is 5.69 Å². The van der Waals surface area contributed by atoms with Gasteiger partial charge in [0.15, 0.2) is 0 Å². The van der Waals surface area contributed by atoms with Crippen LogP contribution in [0.2, 0.25) is 0 Å². The predicted octanol–water partition coefficient (Wildman–Crippen LogP) is 2.50. The highest BCUT2D eigenvalue weighted by atomic mass is 15.2. The van der Waals surface area contributed by atoms with Gasteiger partial charge in [0, 0.05) is 31.4 Å². The highest BCUT2D eigenvalue weighted by Gasteiger charge is 2.31. The average Bonchev–Trinajstić information content (AvgIpc) is 3.26. The van der Waals surface area contributed by atoms with E-state index in [1.807, 2.05) is 12.3 Å². The minimum absolute atomic E-state index is 0.693. The third-order valence-corrected chi connectivity index (χ3v) is 4.40. The van der Waals surface area contributed by atoms with Crippen molar-refractivity contribution >= 4 is 0 Å². The van der Waals surface area contributed by atoms with Gasteiger partial charge in [-0.05, 0) is 50.8 Å². The monoisotopic (exact) mass is 259 g/mol. The van der Waals surface area contributed by atoms with E-state index in [4.69, 9.17) is 0 Å². The van der Waals surface area contributed by atoms with Crippen LogP contribution in [0.1, 0.15) is 43.4 Å². The molecule has 3 nitrogen and oxygen atoms in total. The highest BCUT2D eigenvalue weighted by molar-refractivity contribution is 5.17. The van der Waals surface area contributed by atoms with Crippen LogP contribution in [-0.4, -0.2) is 35.1 Å². The SMILES string of the molecule is Cc1cccnc1CN(CC1CCCCN1)C1CC1. The molecule has 1 aromatic heterocycles. The molecule has 1 atom stereocenters. The van der Waals surface area contributed by atoms with Gasteiger partial charge in [0.25, 0.3) is 0 Å². The molecule has 3 heteroatoms. The zero-order valence-corrected chi connectivity index (χ0v) is 11.9. The molecule has 3 rings (SSSR count). The number of nitrogens with one attached hydrogen (secondary N) is 1. The highest BCUT2D eigenvalue weighted by Crippen LogP contribution is 2.29. The minimum atomic E-state index is 0.693. The van der Waals surface area contributed by atoms with Gasteiger partial charge in [-0.15, -0.1) is 0 Å². The molecule has 1 aromatic rings. The number of pyridine rings is 1. The molecule has 1 N–H and O–H groups in total. The van der Waals surface area contributed by atoms with Crippen molar-refractivity contribution in [1.82, 2.24) is 15.2 Å². The Morgan fingerprint density at radius 3 is 2.89 bits per heavy atom. The molecule has 2 aliphatic rings. The summed E-state index contributed by atoms with van der Waals surface area (Å²) in [5.41, 5.74) is 2.58. The molecular weight excluding hydrogens is 234 g/mol. The molecule has 1 saturated heterocycles. The van der Waals surface area contributed by atoms with E-state index in [-0.39, 0.29) is 0 Å². The first kappa shape index (κ1) is 13.1. The molecule has 0 aromatic carbocycles. The summed E-state index contributed by atoms with van der Waals surface area (Å²) in [6, 6.07) is 5.71. The molecule has 19 heavy (non-hydrogen) atoms. The largest absolute Gasteiger partial charge is 0.313 e. The van der Waals surface area contributed by atoms with Gasteiger partial charge in [-0.1, -0.05) is 12.5 Å². The number of aryl methyl sites for hydroxylation is 1. The molecule has 104 valence electrons. The first-order valence-corrected chi connectivity index (χ1v) is 7.71. The number of hydrogen-bond donors (Lipinski definition) is 1. The first-order chi connectivity index (χ1) is 9.33. The lowest BCUT2D eigenvalue weighted by Gasteiger charge is -2.30. The van der Waals surface area contributed by atoms with E-state index in [0.29, 0.717) is 6.04 Å². The summed E-state index contributed by atoms with van der Waals surface area (Å²) in [5.74, 6) is 0. The van der Waals surface area contributed by atoms with Crippen LogP contribution in [0, 0.1) is 6.92 Å². The minimum Gasteiger partial charge on any atom is -0.313 e. The van der Waals surface area contributed by atoms with Gasteiger partial charge >= 0.3 is 0 Å². The zero-order chi connectivity index (χ0) is 13.1. The van der Waals surface area contributed by atoms with Gasteiger partial charge in [-0.2, -0.15) is 0 Å². The van der Waals surface area contributed by atoms with Gasteiger partial charge in [0.1, 0.15) is 0 Å². The Hall–Kier alpha value is -0.930. The summed E-state index contributed by atoms with van der Waals surface area (Å²) in [4.78, 5) is 7.21. The first-order valence-electron chi connectivity index (χ1n) is 7.71. The quantitative estimate of drug-likeness (QED) is 0.880. The smallest absolute Gasteiger partial charge is 0.0573 e.